The molecule has 0 amide bonds. The van der Waals surface area contributed by atoms with Gasteiger partial charge >= 0.3 is 0 Å². The fraction of sp³-hybridized carbons (Fsp3) is 0.0286. The molecule has 0 spiro atoms. The molecular weight excluding hydrogens is 467 g/mol. The average Bonchev–Trinajstić information content (AvgIpc) is 2.96. The van der Waals surface area contributed by atoms with Gasteiger partial charge in [0, 0.05) is 15.9 Å². The second-order valence-corrected chi connectivity index (χ2v) is 11.4. The summed E-state index contributed by atoms with van der Waals surface area (Å²) in [6.45, 7) is 0. The maximum absolute atomic E-state index is 6.03. The van der Waals surface area contributed by atoms with Crippen molar-refractivity contribution in [2.75, 3.05) is 7.11 Å². The van der Waals surface area contributed by atoms with E-state index in [1.165, 1.54) is 59.0 Å². The Morgan fingerprint density at radius 2 is 0.784 bits per heavy atom. The lowest BCUT2D eigenvalue weighted by molar-refractivity contribution is 0.418. The van der Waals surface area contributed by atoms with Crippen LogP contribution in [0.2, 0.25) is 0 Å². The van der Waals surface area contributed by atoms with Crippen LogP contribution in [0.15, 0.2) is 133 Å². The van der Waals surface area contributed by atoms with E-state index < -0.39 is 7.92 Å². The van der Waals surface area contributed by atoms with E-state index in [0.29, 0.717) is 0 Å². The van der Waals surface area contributed by atoms with Crippen LogP contribution in [0.1, 0.15) is 0 Å². The van der Waals surface area contributed by atoms with Crippen LogP contribution in [0.25, 0.3) is 43.1 Å². The van der Waals surface area contributed by atoms with Crippen LogP contribution in [0, 0.1) is 0 Å². The summed E-state index contributed by atoms with van der Waals surface area (Å²) in [6.07, 6.45) is 0. The minimum Gasteiger partial charge on any atom is -0.496 e. The largest absolute Gasteiger partial charge is 0.496 e. The summed E-state index contributed by atoms with van der Waals surface area (Å²) in [7, 11) is 0.790. The lowest BCUT2D eigenvalue weighted by atomic mass is 10.0. The van der Waals surface area contributed by atoms with Gasteiger partial charge in [-0.3, -0.25) is 0 Å². The molecule has 0 aromatic heterocycles. The monoisotopic (exact) mass is 492 g/mol. The molecule has 0 heterocycles. The van der Waals surface area contributed by atoms with E-state index in [-0.39, 0.29) is 0 Å². The molecule has 0 N–H and O–H groups in total. The first-order chi connectivity index (χ1) is 18.3. The van der Waals surface area contributed by atoms with Gasteiger partial charge in [-0.1, -0.05) is 115 Å². The quantitative estimate of drug-likeness (QED) is 0.178. The minimum atomic E-state index is -0.997. The molecule has 0 saturated carbocycles. The molecule has 7 rings (SSSR count). The molecule has 0 aliphatic rings. The maximum atomic E-state index is 6.03. The average molecular weight is 493 g/mol. The van der Waals surface area contributed by atoms with E-state index in [4.69, 9.17) is 4.74 Å². The topological polar surface area (TPSA) is 9.23 Å². The molecule has 0 unspecified atom stereocenters. The summed E-state index contributed by atoms with van der Waals surface area (Å²) in [5.74, 6) is 0.933. The highest BCUT2D eigenvalue weighted by Gasteiger charge is 2.27. The molecule has 0 atom stereocenters. The number of fused-ring (bicyclic) bond motifs is 4. The van der Waals surface area contributed by atoms with Crippen molar-refractivity contribution in [2.24, 2.45) is 0 Å². The fourth-order valence-corrected chi connectivity index (χ4v) is 8.73. The molecule has 7 aromatic rings. The van der Waals surface area contributed by atoms with Gasteiger partial charge in [0.05, 0.1) is 7.11 Å². The van der Waals surface area contributed by atoms with Gasteiger partial charge < -0.3 is 4.74 Å². The fourth-order valence-electron chi connectivity index (χ4n) is 5.63. The molecule has 0 radical (unpaired) electrons. The summed E-state index contributed by atoms with van der Waals surface area (Å²) in [6, 6.07) is 48.5. The van der Waals surface area contributed by atoms with Crippen molar-refractivity contribution >= 4 is 66.9 Å². The Morgan fingerprint density at radius 3 is 1.19 bits per heavy atom. The predicted octanol–water partition coefficient (Wildman–Crippen LogP) is 8.07. The third-order valence-corrected chi connectivity index (χ3v) is 9.97. The van der Waals surface area contributed by atoms with Crippen LogP contribution in [0.3, 0.4) is 0 Å². The summed E-state index contributed by atoms with van der Waals surface area (Å²) in [5, 5.41) is 14.3. The van der Waals surface area contributed by atoms with Crippen LogP contribution in [0.5, 0.6) is 5.75 Å². The Balaban J connectivity index is 1.74. The van der Waals surface area contributed by atoms with E-state index in [1.54, 1.807) is 7.11 Å². The summed E-state index contributed by atoms with van der Waals surface area (Å²) in [4.78, 5) is 0. The molecule has 0 aliphatic heterocycles. The summed E-state index contributed by atoms with van der Waals surface area (Å²) >= 11 is 0. The van der Waals surface area contributed by atoms with Gasteiger partial charge in [0.15, 0.2) is 0 Å². The van der Waals surface area contributed by atoms with E-state index in [9.17, 15) is 0 Å². The molecule has 0 saturated heterocycles. The maximum Gasteiger partial charge on any atom is 0.127 e. The first kappa shape index (κ1) is 22.0. The van der Waals surface area contributed by atoms with E-state index in [2.05, 4.69) is 133 Å². The molecule has 0 aliphatic carbocycles. The van der Waals surface area contributed by atoms with E-state index >= 15 is 0 Å². The number of ether oxygens (including phenoxy) is 1. The lowest BCUT2D eigenvalue weighted by Gasteiger charge is -2.27. The van der Waals surface area contributed by atoms with Gasteiger partial charge in [-0.05, 0) is 69.2 Å². The number of benzene rings is 7. The van der Waals surface area contributed by atoms with Crippen molar-refractivity contribution < 1.29 is 4.74 Å². The Morgan fingerprint density at radius 1 is 0.432 bits per heavy atom. The SMILES string of the molecule is COc1ccccc1P(c1c2ccccc2cc2ccccc12)c1c2ccccc2cc2ccccc12. The first-order valence-corrected chi connectivity index (χ1v) is 13.9. The van der Waals surface area contributed by atoms with Gasteiger partial charge in [0.2, 0.25) is 0 Å². The molecule has 1 nitrogen and oxygen atoms in total. The van der Waals surface area contributed by atoms with Crippen molar-refractivity contribution in [3.8, 4) is 5.75 Å². The van der Waals surface area contributed by atoms with Crippen molar-refractivity contribution in [3.05, 3.63) is 133 Å². The van der Waals surface area contributed by atoms with Crippen LogP contribution >= 0.6 is 7.92 Å². The molecule has 176 valence electrons. The summed E-state index contributed by atoms with van der Waals surface area (Å²) < 4.78 is 6.03. The lowest BCUT2D eigenvalue weighted by Crippen LogP contribution is -2.24. The second-order valence-electron chi connectivity index (χ2n) is 9.34. The highest BCUT2D eigenvalue weighted by atomic mass is 31.1. The Hall–Kier alpha value is -4.19. The zero-order chi connectivity index (χ0) is 24.8. The minimum absolute atomic E-state index is 0.933. The normalized spacial score (nSPS) is 11.6. The number of hydrogen-bond donors (Lipinski definition) is 0. The molecular formula is C35H25OP. The zero-order valence-corrected chi connectivity index (χ0v) is 21.5. The molecule has 0 fully saturated rings. The van der Waals surface area contributed by atoms with Gasteiger partial charge in [-0.2, -0.15) is 0 Å². The Kier molecular flexibility index (Phi) is 5.38. The van der Waals surface area contributed by atoms with Crippen molar-refractivity contribution in [1.29, 1.82) is 0 Å². The van der Waals surface area contributed by atoms with Crippen molar-refractivity contribution in [1.82, 2.24) is 0 Å². The van der Waals surface area contributed by atoms with Crippen molar-refractivity contribution in [2.45, 2.75) is 0 Å². The van der Waals surface area contributed by atoms with Crippen LogP contribution in [-0.2, 0) is 0 Å². The molecule has 0 bridgehead atoms. The van der Waals surface area contributed by atoms with Gasteiger partial charge in [-0.15, -0.1) is 0 Å². The third kappa shape index (κ3) is 3.58. The predicted molar refractivity (Wildman–Crippen MR) is 162 cm³/mol. The van der Waals surface area contributed by atoms with E-state index in [1.807, 2.05) is 0 Å². The van der Waals surface area contributed by atoms with E-state index in [0.717, 1.165) is 5.75 Å². The Labute approximate surface area is 217 Å². The molecule has 37 heavy (non-hydrogen) atoms. The van der Waals surface area contributed by atoms with Gasteiger partial charge in [-0.25, -0.2) is 0 Å². The van der Waals surface area contributed by atoms with Crippen LogP contribution in [0.4, 0.5) is 0 Å². The number of hydrogen-bond acceptors (Lipinski definition) is 1. The first-order valence-electron chi connectivity index (χ1n) is 12.6. The summed E-state index contributed by atoms with van der Waals surface area (Å²) in [5.41, 5.74) is 0. The zero-order valence-electron chi connectivity index (χ0n) is 20.6. The highest BCUT2D eigenvalue weighted by molar-refractivity contribution is 7.81. The number of rotatable bonds is 4. The smallest absolute Gasteiger partial charge is 0.127 e. The van der Waals surface area contributed by atoms with Crippen LogP contribution < -0.4 is 20.7 Å². The Bertz CT molecular complexity index is 1710. The molecule has 2 heteroatoms. The van der Waals surface area contributed by atoms with Gasteiger partial charge in [0.1, 0.15) is 5.75 Å². The number of para-hydroxylation sites is 1. The van der Waals surface area contributed by atoms with Crippen LogP contribution in [-0.4, -0.2) is 7.11 Å². The number of methoxy groups -OCH3 is 1. The highest BCUT2D eigenvalue weighted by Crippen LogP contribution is 2.45. The van der Waals surface area contributed by atoms with Crippen molar-refractivity contribution in [3.63, 3.8) is 0 Å². The third-order valence-electron chi connectivity index (χ3n) is 7.26. The molecule has 7 aromatic carbocycles. The second kappa shape index (κ2) is 9.04. The van der Waals surface area contributed by atoms with Gasteiger partial charge in [0.25, 0.3) is 0 Å². The standard InChI is InChI=1S/C35H25OP/c1-36-32-20-10-11-21-33(32)37(34-28-16-6-2-12-24(28)22-25-13-3-7-17-29(25)34)35-30-18-8-4-14-26(30)23-27-15-5-9-19-31(27)35/h2-23H,1H3.